The number of thiophene rings is 1. The van der Waals surface area contributed by atoms with Crippen LogP contribution in [0.15, 0.2) is 30.3 Å². The number of hydrogen-bond donors (Lipinski definition) is 1. The second kappa shape index (κ2) is 6.62. The first-order valence-electron chi connectivity index (χ1n) is 5.88. The van der Waals surface area contributed by atoms with Crippen molar-refractivity contribution in [3.63, 3.8) is 0 Å². The van der Waals surface area contributed by atoms with E-state index < -0.39 is 0 Å². The molecule has 104 valence electrons. The molecule has 0 saturated heterocycles. The Kier molecular flexibility index (Phi) is 4.85. The van der Waals surface area contributed by atoms with E-state index in [1.807, 2.05) is 12.1 Å². The molecule has 4 nitrogen and oxygen atoms in total. The fourth-order valence-corrected chi connectivity index (χ4v) is 2.81. The standard InChI is InChI=1S/C14H13ClN2O2S/c1-18-11-6-9(7-16)2-3-10(11)19-12(8-17)13-4-5-14(15)20-13/h2-6,12H,8,17H2,1H3. The predicted octanol–water partition coefficient (Wildman–Crippen LogP) is 3.36. The molecule has 0 aliphatic rings. The average molecular weight is 309 g/mol. The summed E-state index contributed by atoms with van der Waals surface area (Å²) in [5.41, 5.74) is 6.27. The number of nitrogens with zero attached hydrogens (tertiary/aromatic N) is 1. The Hall–Kier alpha value is -1.74. The minimum atomic E-state index is -0.297. The van der Waals surface area contributed by atoms with Gasteiger partial charge in [-0.25, -0.2) is 0 Å². The summed E-state index contributed by atoms with van der Waals surface area (Å²) in [5, 5.41) is 8.88. The quantitative estimate of drug-likeness (QED) is 0.919. The number of nitriles is 1. The molecule has 2 N–H and O–H groups in total. The van der Waals surface area contributed by atoms with E-state index in [1.165, 1.54) is 18.4 Å². The van der Waals surface area contributed by atoms with Crippen molar-refractivity contribution in [3.05, 3.63) is 45.1 Å². The number of ether oxygens (including phenoxy) is 2. The molecule has 6 heteroatoms. The van der Waals surface area contributed by atoms with Gasteiger partial charge in [0.2, 0.25) is 0 Å². The van der Waals surface area contributed by atoms with E-state index in [-0.39, 0.29) is 6.10 Å². The van der Waals surface area contributed by atoms with Crippen LogP contribution in [0.5, 0.6) is 11.5 Å². The lowest BCUT2D eigenvalue weighted by molar-refractivity contribution is 0.208. The zero-order chi connectivity index (χ0) is 14.5. The van der Waals surface area contributed by atoms with Gasteiger partial charge >= 0.3 is 0 Å². The van der Waals surface area contributed by atoms with Crippen molar-refractivity contribution >= 4 is 22.9 Å². The first-order chi connectivity index (χ1) is 9.67. The molecule has 0 saturated carbocycles. The van der Waals surface area contributed by atoms with Crippen molar-refractivity contribution in [2.75, 3.05) is 13.7 Å². The highest BCUT2D eigenvalue weighted by Crippen LogP contribution is 2.34. The average Bonchev–Trinajstić information content (AvgIpc) is 2.91. The fourth-order valence-electron chi connectivity index (χ4n) is 1.71. The topological polar surface area (TPSA) is 68.3 Å². The molecule has 1 aromatic heterocycles. The molecule has 1 heterocycles. The molecule has 2 aromatic rings. The van der Waals surface area contributed by atoms with Gasteiger partial charge in [0.15, 0.2) is 11.5 Å². The molecular weight excluding hydrogens is 296 g/mol. The maximum atomic E-state index is 8.88. The Bertz CT molecular complexity index is 636. The van der Waals surface area contributed by atoms with Crippen molar-refractivity contribution in [2.24, 2.45) is 5.73 Å². The Balaban J connectivity index is 2.26. The van der Waals surface area contributed by atoms with Crippen molar-refractivity contribution in [1.29, 1.82) is 5.26 Å². The van der Waals surface area contributed by atoms with Gasteiger partial charge in [-0.15, -0.1) is 11.3 Å². The molecule has 0 amide bonds. The normalized spacial score (nSPS) is 11.7. The van der Waals surface area contributed by atoms with Crippen LogP contribution < -0.4 is 15.2 Å². The van der Waals surface area contributed by atoms with Gasteiger partial charge in [-0.1, -0.05) is 11.6 Å². The summed E-state index contributed by atoms with van der Waals surface area (Å²) < 4.78 is 11.8. The smallest absolute Gasteiger partial charge is 0.162 e. The zero-order valence-corrected chi connectivity index (χ0v) is 12.4. The molecule has 0 aliphatic heterocycles. The lowest BCUT2D eigenvalue weighted by atomic mass is 10.2. The van der Waals surface area contributed by atoms with Crippen LogP contribution in [0.4, 0.5) is 0 Å². The van der Waals surface area contributed by atoms with Crippen LogP contribution in [0.2, 0.25) is 4.34 Å². The van der Waals surface area contributed by atoms with Gasteiger partial charge in [0.25, 0.3) is 0 Å². The maximum absolute atomic E-state index is 8.88. The molecule has 0 radical (unpaired) electrons. The summed E-state index contributed by atoms with van der Waals surface area (Å²) in [4.78, 5) is 0.948. The van der Waals surface area contributed by atoms with Crippen molar-refractivity contribution in [2.45, 2.75) is 6.10 Å². The highest BCUT2D eigenvalue weighted by molar-refractivity contribution is 7.16. The van der Waals surface area contributed by atoms with E-state index in [2.05, 4.69) is 6.07 Å². The van der Waals surface area contributed by atoms with E-state index in [4.69, 9.17) is 32.1 Å². The summed E-state index contributed by atoms with van der Waals surface area (Å²) in [5.74, 6) is 1.05. The van der Waals surface area contributed by atoms with E-state index in [0.29, 0.717) is 27.9 Å². The van der Waals surface area contributed by atoms with Crippen LogP contribution in [-0.4, -0.2) is 13.7 Å². The minimum absolute atomic E-state index is 0.297. The summed E-state index contributed by atoms with van der Waals surface area (Å²) >= 11 is 7.35. The second-order valence-corrected chi connectivity index (χ2v) is 5.71. The van der Waals surface area contributed by atoms with Gasteiger partial charge < -0.3 is 15.2 Å². The Morgan fingerprint density at radius 3 is 2.70 bits per heavy atom. The van der Waals surface area contributed by atoms with Crippen LogP contribution in [0, 0.1) is 11.3 Å². The van der Waals surface area contributed by atoms with E-state index in [0.717, 1.165) is 4.88 Å². The Labute approximate surface area is 126 Å². The van der Waals surface area contributed by atoms with Crippen molar-refractivity contribution in [3.8, 4) is 17.6 Å². The number of hydrogen-bond acceptors (Lipinski definition) is 5. The second-order valence-electron chi connectivity index (χ2n) is 3.96. The van der Waals surface area contributed by atoms with Gasteiger partial charge in [-0.2, -0.15) is 5.26 Å². The van der Waals surface area contributed by atoms with Gasteiger partial charge in [-0.05, 0) is 24.3 Å². The third-order valence-electron chi connectivity index (χ3n) is 2.69. The molecule has 0 fully saturated rings. The molecule has 1 aromatic carbocycles. The highest BCUT2D eigenvalue weighted by atomic mass is 35.5. The summed E-state index contributed by atoms with van der Waals surface area (Å²) in [6, 6.07) is 10.8. The molecular formula is C14H13ClN2O2S. The molecule has 0 aliphatic carbocycles. The molecule has 0 bridgehead atoms. The summed E-state index contributed by atoms with van der Waals surface area (Å²) in [6.45, 7) is 0.319. The Morgan fingerprint density at radius 2 is 2.15 bits per heavy atom. The molecule has 1 atom stereocenters. The summed E-state index contributed by atoms with van der Waals surface area (Å²) in [7, 11) is 1.53. The maximum Gasteiger partial charge on any atom is 0.162 e. The molecule has 2 rings (SSSR count). The number of nitrogens with two attached hydrogens (primary N) is 1. The van der Waals surface area contributed by atoms with Crippen LogP contribution in [0.1, 0.15) is 16.5 Å². The van der Waals surface area contributed by atoms with Crippen molar-refractivity contribution in [1.82, 2.24) is 0 Å². The lowest BCUT2D eigenvalue weighted by Crippen LogP contribution is -2.17. The number of halogens is 1. The van der Waals surface area contributed by atoms with Gasteiger partial charge in [0.05, 0.1) is 23.1 Å². The van der Waals surface area contributed by atoms with E-state index in [1.54, 1.807) is 18.2 Å². The van der Waals surface area contributed by atoms with Crippen molar-refractivity contribution < 1.29 is 9.47 Å². The van der Waals surface area contributed by atoms with Crippen LogP contribution >= 0.6 is 22.9 Å². The fraction of sp³-hybridized carbons (Fsp3) is 0.214. The first kappa shape index (κ1) is 14.7. The minimum Gasteiger partial charge on any atom is -0.493 e. The highest BCUT2D eigenvalue weighted by Gasteiger charge is 2.16. The zero-order valence-electron chi connectivity index (χ0n) is 10.8. The third-order valence-corrected chi connectivity index (χ3v) is 4.01. The SMILES string of the molecule is COc1cc(C#N)ccc1OC(CN)c1ccc(Cl)s1. The predicted molar refractivity (Wildman–Crippen MR) is 79.5 cm³/mol. The van der Waals surface area contributed by atoms with E-state index in [9.17, 15) is 0 Å². The van der Waals surface area contributed by atoms with E-state index >= 15 is 0 Å². The molecule has 0 spiro atoms. The summed E-state index contributed by atoms with van der Waals surface area (Å²) in [6.07, 6.45) is -0.297. The number of benzene rings is 1. The molecule has 20 heavy (non-hydrogen) atoms. The van der Waals surface area contributed by atoms with Crippen LogP contribution in [-0.2, 0) is 0 Å². The number of methoxy groups -OCH3 is 1. The van der Waals surface area contributed by atoms with Crippen LogP contribution in [0.25, 0.3) is 0 Å². The lowest BCUT2D eigenvalue weighted by Gasteiger charge is -2.18. The van der Waals surface area contributed by atoms with Crippen LogP contribution in [0.3, 0.4) is 0 Å². The van der Waals surface area contributed by atoms with Gasteiger partial charge in [0.1, 0.15) is 6.10 Å². The number of rotatable bonds is 5. The third kappa shape index (κ3) is 3.23. The largest absolute Gasteiger partial charge is 0.493 e. The molecule has 1 unspecified atom stereocenters. The monoisotopic (exact) mass is 308 g/mol. The van der Waals surface area contributed by atoms with Gasteiger partial charge in [0, 0.05) is 17.5 Å². The Morgan fingerprint density at radius 1 is 1.35 bits per heavy atom. The first-order valence-corrected chi connectivity index (χ1v) is 7.07. The van der Waals surface area contributed by atoms with Gasteiger partial charge in [-0.3, -0.25) is 0 Å².